The maximum atomic E-state index is 13.9. The number of piperazine rings is 1. The number of amides is 1. The van der Waals surface area contributed by atoms with Crippen molar-refractivity contribution in [1.82, 2.24) is 29.5 Å². The molecule has 0 saturated carbocycles. The van der Waals surface area contributed by atoms with Gasteiger partial charge >= 0.3 is 12.3 Å². The fourth-order valence-corrected chi connectivity index (χ4v) is 6.56. The third kappa shape index (κ3) is 6.00. The molecule has 2 saturated heterocycles. The second-order valence-electron chi connectivity index (χ2n) is 13.3. The fourth-order valence-electron chi connectivity index (χ4n) is 6.56. The minimum Gasteiger partial charge on any atom is -0.444 e. The van der Waals surface area contributed by atoms with Gasteiger partial charge in [0, 0.05) is 30.9 Å². The topological polar surface area (TPSA) is 101 Å². The van der Waals surface area contributed by atoms with Crippen molar-refractivity contribution < 1.29 is 22.7 Å². The Balaban J connectivity index is 1.32. The Hall–Kier alpha value is -5.20. The largest absolute Gasteiger partial charge is 0.444 e. The van der Waals surface area contributed by atoms with E-state index >= 15 is 0 Å². The van der Waals surface area contributed by atoms with E-state index in [4.69, 9.17) is 9.72 Å². The van der Waals surface area contributed by atoms with E-state index in [1.807, 2.05) is 64.1 Å². The molecule has 1 unspecified atom stereocenters. The molecule has 48 heavy (non-hydrogen) atoms. The monoisotopic (exact) mass is 656 g/mol. The average molecular weight is 657 g/mol. The van der Waals surface area contributed by atoms with Crippen LogP contribution in [-0.4, -0.2) is 66.3 Å². The number of ether oxygens (including phenoxy) is 1. The molecule has 10 nitrogen and oxygen atoms in total. The van der Waals surface area contributed by atoms with Gasteiger partial charge in [-0.3, -0.25) is 4.40 Å². The second-order valence-corrected chi connectivity index (χ2v) is 13.3. The van der Waals surface area contributed by atoms with Crippen molar-refractivity contribution >= 4 is 23.5 Å². The highest BCUT2D eigenvalue weighted by Gasteiger charge is 2.48. The summed E-state index contributed by atoms with van der Waals surface area (Å²) in [7, 11) is 0. The van der Waals surface area contributed by atoms with Gasteiger partial charge in [0.1, 0.15) is 17.7 Å². The summed E-state index contributed by atoms with van der Waals surface area (Å²) in [5.74, 6) is 1.12. The lowest BCUT2D eigenvalue weighted by Gasteiger charge is -2.36. The van der Waals surface area contributed by atoms with Gasteiger partial charge in [-0.15, -0.1) is 10.2 Å². The first kappa shape index (κ1) is 31.4. The molecular weight excluding hydrogens is 621 g/mol. The van der Waals surface area contributed by atoms with E-state index in [0.717, 1.165) is 24.1 Å². The molecule has 2 fully saturated rings. The highest BCUT2D eigenvalue weighted by molar-refractivity contribution is 5.91. The second kappa shape index (κ2) is 11.8. The fraction of sp³-hybridized carbons (Fsp3) is 0.343. The zero-order valence-electron chi connectivity index (χ0n) is 26.9. The third-order valence-corrected chi connectivity index (χ3v) is 8.74. The molecule has 1 N–H and O–H groups in total. The van der Waals surface area contributed by atoms with Crippen LogP contribution in [0.3, 0.4) is 0 Å². The summed E-state index contributed by atoms with van der Waals surface area (Å²) in [4.78, 5) is 26.5. The molecule has 5 heterocycles. The smallest absolute Gasteiger partial charge is 0.416 e. The van der Waals surface area contributed by atoms with E-state index in [-0.39, 0.29) is 24.2 Å². The number of rotatable bonds is 6. The van der Waals surface area contributed by atoms with Crippen LogP contribution in [-0.2, 0) is 10.9 Å². The Bertz CT molecular complexity index is 1970. The molecule has 0 spiro atoms. The summed E-state index contributed by atoms with van der Waals surface area (Å²) in [5, 5.41) is 12.0. The SMILES string of the molecule is C[C@H](Nc1cc(-c2nc(N3C[C@@H]4CC3CN4C(=O)OC(C)(C)C)n3cnnc3c2-c2cccc(C(F)(F)F)c2)ccn1)c1ccccc1. The molecule has 3 aromatic heterocycles. The highest BCUT2D eigenvalue weighted by Crippen LogP contribution is 2.41. The average Bonchev–Trinajstić information content (AvgIpc) is 3.80. The van der Waals surface area contributed by atoms with Gasteiger partial charge in [0.05, 0.1) is 28.9 Å². The molecule has 248 valence electrons. The van der Waals surface area contributed by atoms with E-state index in [0.29, 0.717) is 52.9 Å². The van der Waals surface area contributed by atoms with Crippen molar-refractivity contribution in [3.8, 4) is 22.4 Å². The molecule has 0 radical (unpaired) electrons. The van der Waals surface area contributed by atoms with Gasteiger partial charge < -0.3 is 19.9 Å². The van der Waals surface area contributed by atoms with Gasteiger partial charge in [-0.05, 0) is 69.5 Å². The predicted octanol–water partition coefficient (Wildman–Crippen LogP) is 7.24. The Kier molecular flexibility index (Phi) is 7.72. The Labute approximate surface area is 275 Å². The van der Waals surface area contributed by atoms with Crippen molar-refractivity contribution in [3.05, 3.63) is 90.4 Å². The molecule has 2 aliphatic rings. The third-order valence-electron chi connectivity index (χ3n) is 8.74. The molecule has 2 aromatic carbocycles. The number of fused-ring (bicyclic) bond motifs is 3. The first-order valence-corrected chi connectivity index (χ1v) is 15.8. The summed E-state index contributed by atoms with van der Waals surface area (Å²) in [6.45, 7) is 8.51. The van der Waals surface area contributed by atoms with Crippen molar-refractivity contribution in [1.29, 1.82) is 0 Å². The van der Waals surface area contributed by atoms with Crippen LogP contribution in [0.1, 0.15) is 51.3 Å². The van der Waals surface area contributed by atoms with Gasteiger partial charge in [0.15, 0.2) is 5.65 Å². The summed E-state index contributed by atoms with van der Waals surface area (Å²) < 4.78 is 49.1. The summed E-state index contributed by atoms with van der Waals surface area (Å²) >= 11 is 0. The van der Waals surface area contributed by atoms with E-state index in [1.165, 1.54) is 12.4 Å². The minimum absolute atomic E-state index is 0.0470. The number of hydrogen-bond donors (Lipinski definition) is 1. The van der Waals surface area contributed by atoms with E-state index < -0.39 is 17.3 Å². The van der Waals surface area contributed by atoms with Crippen LogP contribution in [0.25, 0.3) is 28.0 Å². The number of pyridine rings is 1. The minimum atomic E-state index is -4.54. The van der Waals surface area contributed by atoms with Gasteiger partial charge in [0.2, 0.25) is 5.95 Å². The van der Waals surface area contributed by atoms with Crippen LogP contribution < -0.4 is 10.2 Å². The zero-order chi connectivity index (χ0) is 33.8. The Morgan fingerprint density at radius 1 is 0.979 bits per heavy atom. The van der Waals surface area contributed by atoms with Crippen LogP contribution in [0.5, 0.6) is 0 Å². The molecule has 5 aromatic rings. The molecule has 1 amide bonds. The van der Waals surface area contributed by atoms with Gasteiger partial charge in [-0.25, -0.2) is 14.8 Å². The number of halogens is 3. The standard InChI is InChI=1S/C35H35F3N8O2/c1-21(22-9-6-5-7-10-22)41-28-16-24(13-14-39-28)30-29(23-11-8-12-25(15-23)35(36,37)38)31-43-40-20-46(31)32(42-30)44-18-27-17-26(44)19-45(27)33(47)48-34(2,3)4/h5-16,20-21,26-27H,17-19H2,1-4H3,(H,39,41)/t21-,26?,27-/m0/s1. The Morgan fingerprint density at radius 2 is 1.77 bits per heavy atom. The van der Waals surface area contributed by atoms with Crippen molar-refractivity contribution in [2.75, 3.05) is 23.3 Å². The quantitative estimate of drug-likeness (QED) is 0.204. The number of likely N-dealkylation sites (tertiary alicyclic amines) is 1. The number of nitrogens with zero attached hydrogens (tertiary/aromatic N) is 7. The molecule has 7 rings (SSSR count). The van der Waals surface area contributed by atoms with Crippen LogP contribution in [0, 0.1) is 0 Å². The normalized spacial score (nSPS) is 18.4. The summed E-state index contributed by atoms with van der Waals surface area (Å²) in [5.41, 5.74) is 1.85. The van der Waals surface area contributed by atoms with Gasteiger partial charge in [-0.1, -0.05) is 42.5 Å². The zero-order valence-corrected chi connectivity index (χ0v) is 26.9. The lowest BCUT2D eigenvalue weighted by molar-refractivity contribution is -0.137. The van der Waals surface area contributed by atoms with Crippen molar-refractivity contribution in [2.24, 2.45) is 0 Å². The van der Waals surface area contributed by atoms with Gasteiger partial charge in [0.25, 0.3) is 0 Å². The van der Waals surface area contributed by atoms with Crippen molar-refractivity contribution in [3.63, 3.8) is 0 Å². The number of aromatic nitrogens is 5. The van der Waals surface area contributed by atoms with Crippen LogP contribution >= 0.6 is 0 Å². The van der Waals surface area contributed by atoms with E-state index in [1.54, 1.807) is 27.6 Å². The molecule has 2 aliphatic heterocycles. The Morgan fingerprint density at radius 3 is 2.48 bits per heavy atom. The van der Waals surface area contributed by atoms with E-state index in [9.17, 15) is 18.0 Å². The van der Waals surface area contributed by atoms with Crippen LogP contribution in [0.15, 0.2) is 79.3 Å². The first-order chi connectivity index (χ1) is 22.9. The number of anilines is 2. The number of carbonyl (C=O) groups is 1. The highest BCUT2D eigenvalue weighted by atomic mass is 19.4. The number of nitrogens with one attached hydrogen (secondary N) is 1. The lowest BCUT2D eigenvalue weighted by atomic mass is 9.98. The lowest BCUT2D eigenvalue weighted by Crippen LogP contribution is -2.50. The molecule has 13 heteroatoms. The number of hydrogen-bond acceptors (Lipinski definition) is 8. The maximum absolute atomic E-state index is 13.9. The number of alkyl halides is 3. The predicted molar refractivity (Wildman–Crippen MR) is 175 cm³/mol. The number of benzene rings is 2. The molecule has 3 atom stereocenters. The van der Waals surface area contributed by atoms with Crippen LogP contribution in [0.4, 0.5) is 29.7 Å². The summed E-state index contributed by atoms with van der Waals surface area (Å²) in [6.07, 6.45) is -0.979. The van der Waals surface area contributed by atoms with Gasteiger partial charge in [-0.2, -0.15) is 13.2 Å². The number of carbonyl (C=O) groups excluding carboxylic acids is 1. The molecule has 2 bridgehead atoms. The molecular formula is C35H35F3N8O2. The summed E-state index contributed by atoms with van der Waals surface area (Å²) in [6, 6.07) is 18.5. The molecule has 0 aliphatic carbocycles. The van der Waals surface area contributed by atoms with E-state index in [2.05, 4.69) is 25.4 Å². The first-order valence-electron chi connectivity index (χ1n) is 15.8. The maximum Gasteiger partial charge on any atom is 0.416 e. The van der Waals surface area contributed by atoms with Crippen molar-refractivity contribution in [2.45, 2.75) is 64.0 Å². The van der Waals surface area contributed by atoms with Crippen LogP contribution in [0.2, 0.25) is 0 Å².